The predicted octanol–water partition coefficient (Wildman–Crippen LogP) is 2.54. The van der Waals surface area contributed by atoms with Crippen molar-refractivity contribution in [2.45, 2.75) is 31.9 Å². The molecule has 7 nitrogen and oxygen atoms in total. The highest BCUT2D eigenvalue weighted by molar-refractivity contribution is 5.96. The van der Waals surface area contributed by atoms with Gasteiger partial charge in [-0.25, -0.2) is 4.79 Å². The molecule has 0 radical (unpaired) electrons. The Balaban J connectivity index is 1.68. The Morgan fingerprint density at radius 2 is 2.12 bits per heavy atom. The maximum Gasteiger partial charge on any atom is 0.375 e. The van der Waals surface area contributed by atoms with E-state index in [1.54, 1.807) is 19.1 Å². The molecular formula is C19H20N2O5. The van der Waals surface area contributed by atoms with Crippen LogP contribution in [0.15, 0.2) is 28.7 Å². The molecule has 0 saturated heterocycles. The molecule has 1 aromatic heterocycles. The van der Waals surface area contributed by atoms with Gasteiger partial charge in [0.25, 0.3) is 5.91 Å². The normalized spacial score (nSPS) is 15.9. The van der Waals surface area contributed by atoms with Crippen molar-refractivity contribution in [1.82, 2.24) is 5.32 Å². The molecule has 1 atom stereocenters. The van der Waals surface area contributed by atoms with E-state index >= 15 is 0 Å². The molecule has 1 aromatic carbocycles. The van der Waals surface area contributed by atoms with Crippen LogP contribution in [-0.4, -0.2) is 31.1 Å². The Hall–Kier alpha value is -2.85. The van der Waals surface area contributed by atoms with Crippen LogP contribution >= 0.6 is 0 Å². The van der Waals surface area contributed by atoms with Crippen LogP contribution in [0, 0.1) is 17.2 Å². The number of benzene rings is 1. The van der Waals surface area contributed by atoms with Gasteiger partial charge in [0.05, 0.1) is 12.7 Å². The lowest BCUT2D eigenvalue weighted by atomic mass is 9.98. The molecule has 0 aliphatic heterocycles. The number of rotatable bonds is 7. The number of esters is 1. The largest absolute Gasteiger partial charge is 0.450 e. The van der Waals surface area contributed by atoms with E-state index in [0.29, 0.717) is 11.1 Å². The fraction of sp³-hybridized carbons (Fsp3) is 0.421. The van der Waals surface area contributed by atoms with Gasteiger partial charge in [-0.05, 0) is 31.7 Å². The lowest BCUT2D eigenvalue weighted by molar-refractivity contribution is -0.125. The first-order valence-electron chi connectivity index (χ1n) is 8.37. The number of amides is 1. The van der Waals surface area contributed by atoms with Crippen LogP contribution in [0.25, 0.3) is 11.0 Å². The molecule has 1 unspecified atom stereocenters. The molecule has 1 heterocycles. The molecule has 26 heavy (non-hydrogen) atoms. The molecule has 0 spiro atoms. The quantitative estimate of drug-likeness (QED) is 0.765. The zero-order valence-corrected chi connectivity index (χ0v) is 14.7. The third-order valence-electron chi connectivity index (χ3n) is 4.53. The van der Waals surface area contributed by atoms with E-state index in [1.165, 1.54) is 7.11 Å². The molecule has 1 fully saturated rings. The lowest BCUT2D eigenvalue weighted by Gasteiger charge is -2.22. The van der Waals surface area contributed by atoms with Gasteiger partial charge in [-0.15, -0.1) is 0 Å². The van der Waals surface area contributed by atoms with E-state index in [0.717, 1.165) is 18.2 Å². The Bertz CT molecular complexity index is 878. The monoisotopic (exact) mass is 356 g/mol. The van der Waals surface area contributed by atoms with E-state index in [4.69, 9.17) is 13.9 Å². The first kappa shape index (κ1) is 18.0. The molecule has 1 N–H and O–H groups in total. The highest BCUT2D eigenvalue weighted by Gasteiger charge is 2.43. The molecule has 1 aliphatic rings. The summed E-state index contributed by atoms with van der Waals surface area (Å²) in [5.74, 6) is -1.09. The molecule has 2 aromatic rings. The van der Waals surface area contributed by atoms with Crippen LogP contribution in [0.1, 0.15) is 35.9 Å². The van der Waals surface area contributed by atoms with E-state index < -0.39 is 24.0 Å². The highest BCUT2D eigenvalue weighted by atomic mass is 16.5. The second kappa shape index (κ2) is 7.18. The molecular weight excluding hydrogens is 336 g/mol. The van der Waals surface area contributed by atoms with Crippen LogP contribution < -0.4 is 5.32 Å². The van der Waals surface area contributed by atoms with Crippen molar-refractivity contribution >= 4 is 22.8 Å². The number of nitrogens with zero attached hydrogens (tertiary/aromatic N) is 1. The first-order valence-corrected chi connectivity index (χ1v) is 8.37. The summed E-state index contributed by atoms with van der Waals surface area (Å²) in [5.41, 5.74) is 0.194. The molecule has 1 aliphatic carbocycles. The van der Waals surface area contributed by atoms with Crippen LogP contribution in [0.4, 0.5) is 0 Å². The molecule has 7 heteroatoms. The molecule has 3 rings (SSSR count). The van der Waals surface area contributed by atoms with Gasteiger partial charge in [0.1, 0.15) is 11.1 Å². The number of nitriles is 1. The minimum absolute atomic E-state index is 0.0195. The van der Waals surface area contributed by atoms with Gasteiger partial charge in [0, 0.05) is 18.1 Å². The number of hydrogen-bond donors (Lipinski definition) is 1. The highest BCUT2D eigenvalue weighted by Crippen LogP contribution is 2.39. The molecule has 136 valence electrons. The van der Waals surface area contributed by atoms with Gasteiger partial charge < -0.3 is 19.2 Å². The van der Waals surface area contributed by atoms with E-state index in [9.17, 15) is 14.9 Å². The summed E-state index contributed by atoms with van der Waals surface area (Å²) in [4.78, 5) is 24.5. The fourth-order valence-corrected chi connectivity index (χ4v) is 2.96. The average Bonchev–Trinajstić information content (AvgIpc) is 3.44. The van der Waals surface area contributed by atoms with Gasteiger partial charge >= 0.3 is 5.97 Å². The first-order chi connectivity index (χ1) is 12.5. The van der Waals surface area contributed by atoms with Crippen molar-refractivity contribution in [1.29, 1.82) is 5.26 Å². The van der Waals surface area contributed by atoms with Crippen molar-refractivity contribution in [3.8, 4) is 6.07 Å². The number of carbonyl (C=O) groups excluding carboxylic acids is 2. The number of furan rings is 1. The SMILES string of the molecule is COCc1c(C(=O)OCC(=O)NC(C)(C#N)C2CC2)oc2ccccc12. The Morgan fingerprint density at radius 3 is 2.77 bits per heavy atom. The van der Waals surface area contributed by atoms with Gasteiger partial charge in [-0.1, -0.05) is 18.2 Å². The van der Waals surface area contributed by atoms with Gasteiger partial charge in [0.2, 0.25) is 5.76 Å². The zero-order chi connectivity index (χ0) is 18.7. The minimum atomic E-state index is -0.927. The van der Waals surface area contributed by atoms with E-state index in [-0.39, 0.29) is 18.3 Å². The Morgan fingerprint density at radius 1 is 1.38 bits per heavy atom. The third kappa shape index (κ3) is 3.55. The van der Waals surface area contributed by atoms with Crippen molar-refractivity contribution in [3.05, 3.63) is 35.6 Å². The van der Waals surface area contributed by atoms with Crippen LogP contribution in [0.2, 0.25) is 0 Å². The number of hydrogen-bond acceptors (Lipinski definition) is 6. The molecule has 0 bridgehead atoms. The summed E-state index contributed by atoms with van der Waals surface area (Å²) < 4.78 is 15.8. The fourth-order valence-electron chi connectivity index (χ4n) is 2.96. The summed E-state index contributed by atoms with van der Waals surface area (Å²) in [6.07, 6.45) is 1.81. The topological polar surface area (TPSA) is 102 Å². The number of carbonyl (C=O) groups is 2. The second-order valence-corrected chi connectivity index (χ2v) is 6.55. The standard InChI is InChI=1S/C19H20N2O5/c1-19(11-20,12-7-8-12)21-16(22)10-25-18(23)17-14(9-24-2)13-5-3-4-6-15(13)26-17/h3-6,12H,7-10H2,1-2H3,(H,21,22). The Kier molecular flexibility index (Phi) is 4.96. The van der Waals surface area contributed by atoms with Crippen LogP contribution in [-0.2, 0) is 20.9 Å². The van der Waals surface area contributed by atoms with Gasteiger partial charge in [-0.3, -0.25) is 4.79 Å². The van der Waals surface area contributed by atoms with Gasteiger partial charge in [0.15, 0.2) is 6.61 Å². The number of fused-ring (bicyclic) bond motifs is 1. The number of para-hydroxylation sites is 1. The smallest absolute Gasteiger partial charge is 0.375 e. The van der Waals surface area contributed by atoms with Crippen molar-refractivity contribution in [2.75, 3.05) is 13.7 Å². The van der Waals surface area contributed by atoms with Crippen molar-refractivity contribution < 1.29 is 23.5 Å². The number of ether oxygens (including phenoxy) is 2. The van der Waals surface area contributed by atoms with Crippen LogP contribution in [0.5, 0.6) is 0 Å². The van der Waals surface area contributed by atoms with Crippen molar-refractivity contribution in [3.63, 3.8) is 0 Å². The number of nitrogens with one attached hydrogen (secondary N) is 1. The maximum atomic E-state index is 12.4. The molecule has 1 saturated carbocycles. The zero-order valence-electron chi connectivity index (χ0n) is 14.7. The minimum Gasteiger partial charge on any atom is -0.450 e. The third-order valence-corrected chi connectivity index (χ3v) is 4.53. The van der Waals surface area contributed by atoms with Gasteiger partial charge in [-0.2, -0.15) is 5.26 Å². The average molecular weight is 356 g/mol. The maximum absolute atomic E-state index is 12.4. The number of methoxy groups -OCH3 is 1. The summed E-state index contributed by atoms with van der Waals surface area (Å²) in [6, 6.07) is 9.32. The molecule has 1 amide bonds. The second-order valence-electron chi connectivity index (χ2n) is 6.55. The summed E-state index contributed by atoms with van der Waals surface area (Å²) >= 11 is 0. The van der Waals surface area contributed by atoms with Crippen molar-refractivity contribution in [2.24, 2.45) is 5.92 Å². The predicted molar refractivity (Wildman–Crippen MR) is 92.1 cm³/mol. The summed E-state index contributed by atoms with van der Waals surface area (Å²) in [5, 5.41) is 12.7. The summed E-state index contributed by atoms with van der Waals surface area (Å²) in [6.45, 7) is 1.38. The summed E-state index contributed by atoms with van der Waals surface area (Å²) in [7, 11) is 1.52. The lowest BCUT2D eigenvalue weighted by Crippen LogP contribution is -2.48. The van der Waals surface area contributed by atoms with Crippen LogP contribution in [0.3, 0.4) is 0 Å². The van der Waals surface area contributed by atoms with E-state index in [1.807, 2.05) is 12.1 Å². The van der Waals surface area contributed by atoms with E-state index in [2.05, 4.69) is 11.4 Å². The Labute approximate surface area is 150 Å².